The van der Waals surface area contributed by atoms with Gasteiger partial charge in [-0.3, -0.25) is 4.79 Å². The molecule has 0 aromatic carbocycles. The molecule has 0 unspecified atom stereocenters. The topological polar surface area (TPSA) is 66.8 Å². The number of fused-ring (bicyclic) bond motifs is 7. The van der Waals surface area contributed by atoms with Gasteiger partial charge in [-0.25, -0.2) is 0 Å². The van der Waals surface area contributed by atoms with Crippen LogP contribution in [0.15, 0.2) is 12.2 Å². The lowest BCUT2D eigenvalue weighted by Gasteiger charge is -2.73. The number of esters is 1. The Hall–Kier alpha value is -0.870. The standard InChI is InChI=1S/C48H84O4/c1-9-10-11-12-13-14-15-16-17-18-19-20-21-22-23-24-42(51)52-41-29-30-45(6)38(44(41,4)5)28-31-46(7)39(45)26-25-37-43-36(35(2)3)27-32-48(43,34-49)40(50)33-47(37,46)8/h36-41,43,49-50H,2,9-34H2,1,3-8H3/t36-,37-,38-,39+,40-,41-,43+,45-,46+,47+,48-/m0/s1. The van der Waals surface area contributed by atoms with Crippen molar-refractivity contribution in [3.63, 3.8) is 0 Å². The molecule has 5 aliphatic carbocycles. The Morgan fingerprint density at radius 3 is 1.85 bits per heavy atom. The largest absolute Gasteiger partial charge is 0.462 e. The maximum atomic E-state index is 13.2. The molecule has 2 N–H and O–H groups in total. The summed E-state index contributed by atoms with van der Waals surface area (Å²) in [7, 11) is 0. The highest BCUT2D eigenvalue weighted by Gasteiger charge is 2.72. The van der Waals surface area contributed by atoms with E-state index in [2.05, 4.69) is 55.0 Å². The summed E-state index contributed by atoms with van der Waals surface area (Å²) in [6.45, 7) is 21.6. The zero-order chi connectivity index (χ0) is 37.8. The van der Waals surface area contributed by atoms with E-state index < -0.39 is 6.10 Å². The van der Waals surface area contributed by atoms with Crippen LogP contribution in [0.2, 0.25) is 0 Å². The minimum Gasteiger partial charge on any atom is -0.462 e. The molecule has 5 aliphatic rings. The fourth-order valence-corrected chi connectivity index (χ4v) is 14.7. The molecule has 0 bridgehead atoms. The van der Waals surface area contributed by atoms with E-state index in [0.29, 0.717) is 36.0 Å². The summed E-state index contributed by atoms with van der Waals surface area (Å²) in [5, 5.41) is 22.8. The Kier molecular flexibility index (Phi) is 14.2. The smallest absolute Gasteiger partial charge is 0.306 e. The maximum Gasteiger partial charge on any atom is 0.306 e. The van der Waals surface area contributed by atoms with E-state index in [9.17, 15) is 15.0 Å². The summed E-state index contributed by atoms with van der Waals surface area (Å²) in [6, 6.07) is 0. The van der Waals surface area contributed by atoms with Crippen molar-refractivity contribution in [2.24, 2.45) is 56.7 Å². The minimum absolute atomic E-state index is 0.00202. The normalized spacial score (nSPS) is 40.7. The first-order valence-electron chi connectivity index (χ1n) is 22.9. The van der Waals surface area contributed by atoms with Crippen molar-refractivity contribution in [1.29, 1.82) is 0 Å². The summed E-state index contributed by atoms with van der Waals surface area (Å²) in [6.07, 6.45) is 29.8. The summed E-state index contributed by atoms with van der Waals surface area (Å²) < 4.78 is 6.40. The average Bonchev–Trinajstić information content (AvgIpc) is 3.50. The van der Waals surface area contributed by atoms with Gasteiger partial charge in [0.2, 0.25) is 0 Å². The number of carbonyl (C=O) groups is 1. The van der Waals surface area contributed by atoms with E-state index >= 15 is 0 Å². The lowest BCUT2D eigenvalue weighted by Crippen LogP contribution is -2.68. The van der Waals surface area contributed by atoms with Crippen LogP contribution < -0.4 is 0 Å². The molecule has 11 atom stereocenters. The Balaban J connectivity index is 1.09. The molecule has 300 valence electrons. The van der Waals surface area contributed by atoms with Crippen LogP contribution in [0.4, 0.5) is 0 Å². The molecule has 4 nitrogen and oxygen atoms in total. The first-order chi connectivity index (χ1) is 24.7. The van der Waals surface area contributed by atoms with Gasteiger partial charge in [0.15, 0.2) is 0 Å². The second-order valence-corrected chi connectivity index (χ2v) is 20.8. The molecule has 0 heterocycles. The third kappa shape index (κ3) is 7.89. The van der Waals surface area contributed by atoms with Crippen LogP contribution in [0, 0.1) is 56.7 Å². The van der Waals surface area contributed by atoms with Crippen molar-refractivity contribution in [2.45, 2.75) is 221 Å². The average molecular weight is 725 g/mol. The summed E-state index contributed by atoms with van der Waals surface area (Å²) in [4.78, 5) is 13.2. The number of unbranched alkanes of at least 4 members (excludes halogenated alkanes) is 14. The quantitative estimate of drug-likeness (QED) is 0.0791. The molecule has 5 rings (SSSR count). The molecule has 0 amide bonds. The number of rotatable bonds is 19. The second kappa shape index (κ2) is 17.5. The van der Waals surface area contributed by atoms with Gasteiger partial charge in [0.1, 0.15) is 6.10 Å². The molecular weight excluding hydrogens is 641 g/mol. The molecule has 0 saturated heterocycles. The number of hydrogen-bond donors (Lipinski definition) is 2. The highest BCUT2D eigenvalue weighted by Crippen LogP contribution is 2.77. The molecule has 52 heavy (non-hydrogen) atoms. The van der Waals surface area contributed by atoms with Gasteiger partial charge in [-0.05, 0) is 117 Å². The molecule has 4 heteroatoms. The van der Waals surface area contributed by atoms with Crippen molar-refractivity contribution >= 4 is 5.97 Å². The van der Waals surface area contributed by atoms with E-state index in [1.807, 2.05) is 0 Å². The molecule has 5 fully saturated rings. The zero-order valence-corrected chi connectivity index (χ0v) is 35.3. The van der Waals surface area contributed by atoms with E-state index in [1.165, 1.54) is 115 Å². The predicted octanol–water partition coefficient (Wildman–Crippen LogP) is 12.8. The second-order valence-electron chi connectivity index (χ2n) is 20.8. The molecular formula is C48H84O4. The monoisotopic (exact) mass is 725 g/mol. The maximum absolute atomic E-state index is 13.2. The first-order valence-corrected chi connectivity index (χ1v) is 22.9. The van der Waals surface area contributed by atoms with Gasteiger partial charge in [-0.1, -0.05) is 144 Å². The van der Waals surface area contributed by atoms with Crippen molar-refractivity contribution in [3.05, 3.63) is 12.2 Å². The van der Waals surface area contributed by atoms with Crippen molar-refractivity contribution in [3.8, 4) is 0 Å². The predicted molar refractivity (Wildman–Crippen MR) is 217 cm³/mol. The highest BCUT2D eigenvalue weighted by molar-refractivity contribution is 5.69. The van der Waals surface area contributed by atoms with Crippen molar-refractivity contribution < 1.29 is 19.7 Å². The van der Waals surface area contributed by atoms with Crippen LogP contribution in [-0.4, -0.2) is 35.0 Å². The van der Waals surface area contributed by atoms with Crippen LogP contribution in [-0.2, 0) is 9.53 Å². The number of hydrogen-bond acceptors (Lipinski definition) is 4. The van der Waals surface area contributed by atoms with Crippen LogP contribution in [0.3, 0.4) is 0 Å². The molecule has 0 aromatic rings. The lowest BCUT2D eigenvalue weighted by atomic mass is 9.32. The van der Waals surface area contributed by atoms with E-state index in [1.54, 1.807) is 0 Å². The minimum atomic E-state index is -0.453. The molecule has 0 aromatic heterocycles. The van der Waals surface area contributed by atoms with Crippen molar-refractivity contribution in [2.75, 3.05) is 6.61 Å². The number of aliphatic hydroxyl groups excluding tert-OH is 2. The van der Waals surface area contributed by atoms with Crippen LogP contribution in [0.25, 0.3) is 0 Å². The number of carbonyl (C=O) groups excluding carboxylic acids is 1. The number of aliphatic hydroxyl groups is 2. The van der Waals surface area contributed by atoms with Gasteiger partial charge in [-0.2, -0.15) is 0 Å². The molecule has 0 spiro atoms. The van der Waals surface area contributed by atoms with Gasteiger partial charge in [0, 0.05) is 17.3 Å². The summed E-state index contributed by atoms with van der Waals surface area (Å²) >= 11 is 0. The summed E-state index contributed by atoms with van der Waals surface area (Å²) in [5.41, 5.74) is 1.19. The third-order valence-electron chi connectivity index (χ3n) is 17.8. The van der Waals surface area contributed by atoms with Gasteiger partial charge in [0.25, 0.3) is 0 Å². The van der Waals surface area contributed by atoms with Gasteiger partial charge in [-0.15, -0.1) is 0 Å². The Morgan fingerprint density at radius 2 is 1.29 bits per heavy atom. The first kappa shape index (κ1) is 42.3. The lowest BCUT2D eigenvalue weighted by molar-refractivity contribution is -0.267. The molecule has 5 saturated carbocycles. The van der Waals surface area contributed by atoms with E-state index in [4.69, 9.17) is 4.74 Å². The third-order valence-corrected chi connectivity index (χ3v) is 17.8. The van der Waals surface area contributed by atoms with Gasteiger partial charge in [0.05, 0.1) is 12.7 Å². The molecule has 0 aliphatic heterocycles. The Morgan fingerprint density at radius 1 is 0.712 bits per heavy atom. The SMILES string of the molecule is C=C(C)[C@@H]1CC[C@@]2(CO)[C@H]1[C@@H]1CC[C@@H]3[C@@]4(C)CC[C@H](OC(=O)CCCCCCCCCCCCCCCCC)C(C)(C)[C@@H]4CC[C@@]3(C)[C@]1(C)C[C@@H]2O. The van der Waals surface area contributed by atoms with Gasteiger partial charge < -0.3 is 14.9 Å². The van der Waals surface area contributed by atoms with E-state index in [0.717, 1.165) is 44.9 Å². The van der Waals surface area contributed by atoms with Crippen LogP contribution >= 0.6 is 0 Å². The van der Waals surface area contributed by atoms with Crippen LogP contribution in [0.1, 0.15) is 209 Å². The highest BCUT2D eigenvalue weighted by atomic mass is 16.5. The van der Waals surface area contributed by atoms with E-state index in [-0.39, 0.29) is 45.8 Å². The van der Waals surface area contributed by atoms with Gasteiger partial charge >= 0.3 is 5.97 Å². The fraction of sp³-hybridized carbons (Fsp3) is 0.938. The fourth-order valence-electron chi connectivity index (χ4n) is 14.7. The zero-order valence-electron chi connectivity index (χ0n) is 35.3. The Bertz CT molecular complexity index is 1180. The Labute approximate surface area is 321 Å². The molecule has 0 radical (unpaired) electrons. The summed E-state index contributed by atoms with van der Waals surface area (Å²) in [5.74, 6) is 2.38. The number of allylic oxidation sites excluding steroid dienone is 1. The number of ether oxygens (including phenoxy) is 1. The van der Waals surface area contributed by atoms with Crippen molar-refractivity contribution in [1.82, 2.24) is 0 Å². The van der Waals surface area contributed by atoms with Crippen LogP contribution in [0.5, 0.6) is 0 Å².